The van der Waals surface area contributed by atoms with Crippen LogP contribution >= 0.6 is 11.8 Å². The minimum atomic E-state index is -1.07. The maximum absolute atomic E-state index is 12.8. The van der Waals surface area contributed by atoms with Crippen molar-refractivity contribution in [2.75, 3.05) is 0 Å². The summed E-state index contributed by atoms with van der Waals surface area (Å²) in [5.74, 6) is -1.31. The van der Waals surface area contributed by atoms with Crippen molar-refractivity contribution in [2.24, 2.45) is 0 Å². The molecule has 0 aliphatic heterocycles. The van der Waals surface area contributed by atoms with Crippen LogP contribution in [0.15, 0.2) is 41.9 Å². The minimum absolute atomic E-state index is 0.237. The molecule has 0 unspecified atom stereocenters. The molecule has 0 saturated carbocycles. The molecule has 0 atom stereocenters. The molecule has 8 heteroatoms. The van der Waals surface area contributed by atoms with Crippen molar-refractivity contribution in [3.8, 4) is 0 Å². The van der Waals surface area contributed by atoms with E-state index >= 15 is 0 Å². The summed E-state index contributed by atoms with van der Waals surface area (Å²) in [6.07, 6.45) is 1.90. The third-order valence-corrected chi connectivity index (χ3v) is 5.49. The molecule has 1 heterocycles. The first-order chi connectivity index (χ1) is 12.1. The van der Waals surface area contributed by atoms with Gasteiger partial charge in [-0.15, -0.1) is 0 Å². The number of carboxylic acids is 1. The van der Waals surface area contributed by atoms with E-state index < -0.39 is 17.7 Å². The third-order valence-electron chi connectivity index (χ3n) is 3.12. The Bertz CT molecular complexity index is 923. The molecular formula is C18H17NO5SW. The predicted molar refractivity (Wildman–Crippen MR) is 97.3 cm³/mol. The quantitative estimate of drug-likeness (QED) is 0.459. The zero-order valence-corrected chi connectivity index (χ0v) is 18.1. The number of Topliss-reactive ketones (excluding diaryl/α,β-unsaturated/α-hetero) is 1. The summed E-state index contributed by atoms with van der Waals surface area (Å²) in [4.78, 5) is 35.8. The average molecular weight is 543 g/mol. The second kappa shape index (κ2) is 8.14. The Labute approximate surface area is 165 Å². The van der Waals surface area contributed by atoms with Crippen LogP contribution in [-0.4, -0.2) is 36.4 Å². The summed E-state index contributed by atoms with van der Waals surface area (Å²) in [6, 6.07) is 7.08. The fourth-order valence-corrected chi connectivity index (χ4v) is 3.66. The van der Waals surface area contributed by atoms with E-state index in [1.807, 2.05) is 0 Å². The van der Waals surface area contributed by atoms with E-state index in [-0.39, 0.29) is 5.78 Å². The predicted octanol–water partition coefficient (Wildman–Crippen LogP) is 3.62. The number of para-hydroxylation sites is 1. The molecule has 1 N–H and O–H groups in total. The molecule has 0 amide bonds. The summed E-state index contributed by atoms with van der Waals surface area (Å²) in [5.41, 5.74) is 0.308. The van der Waals surface area contributed by atoms with Crippen LogP contribution in [0.3, 0.4) is 0 Å². The number of nitrogens with zero attached hydrogens (tertiary/aromatic N) is 1. The number of carbonyl (C=O) groups excluding carboxylic acids is 2. The molecule has 2 rings (SSSR count). The van der Waals surface area contributed by atoms with Gasteiger partial charge in [0, 0.05) is 0 Å². The van der Waals surface area contributed by atoms with Crippen LogP contribution in [0.2, 0.25) is 0 Å². The summed E-state index contributed by atoms with van der Waals surface area (Å²) in [5, 5.41) is 10.6. The van der Waals surface area contributed by atoms with E-state index in [1.165, 1.54) is 16.2 Å². The topological polar surface area (TPSA) is 85.6 Å². The van der Waals surface area contributed by atoms with Crippen molar-refractivity contribution in [2.45, 2.75) is 26.4 Å². The standard InChI is InChI=1S/C18H17NO5S.W/c1-18(2,3)24-17(23)19-10-13(12-6-4-5-7-14(12)19)15(20)11-25-9-8-16(21)22;/h4-10H,1-3H3,(H,21,22);. The Morgan fingerprint density at radius 2 is 1.88 bits per heavy atom. The molecule has 136 valence electrons. The summed E-state index contributed by atoms with van der Waals surface area (Å²) in [6.45, 7) is 5.32. The van der Waals surface area contributed by atoms with Crippen LogP contribution in [0.4, 0.5) is 4.79 Å². The SMILES string of the molecule is CC(C)(C)OC(=O)n1cc(C(=O)[C](=[W])SC=CC(=O)O)c2ccccc21. The molecule has 0 saturated heterocycles. The Morgan fingerprint density at radius 3 is 2.50 bits per heavy atom. The number of fused-ring (bicyclic) bond motifs is 1. The van der Waals surface area contributed by atoms with E-state index in [4.69, 9.17) is 9.84 Å². The van der Waals surface area contributed by atoms with Gasteiger partial charge in [0.25, 0.3) is 0 Å². The van der Waals surface area contributed by atoms with Crippen LogP contribution < -0.4 is 0 Å². The molecule has 1 aromatic carbocycles. The van der Waals surface area contributed by atoms with Gasteiger partial charge in [0.15, 0.2) is 0 Å². The number of carboxylic acid groups (broad SMARTS) is 1. The number of hydrogen-bond donors (Lipinski definition) is 1. The first-order valence-corrected chi connectivity index (χ1v) is 9.93. The number of aliphatic carboxylic acids is 1. The normalized spacial score (nSPS) is 11.7. The first-order valence-electron chi connectivity index (χ1n) is 7.58. The number of thioether (sulfide) groups is 1. The van der Waals surface area contributed by atoms with Crippen LogP contribution in [0.25, 0.3) is 10.9 Å². The molecule has 0 aliphatic rings. The van der Waals surface area contributed by atoms with E-state index in [9.17, 15) is 14.4 Å². The maximum atomic E-state index is 12.8. The second-order valence-electron chi connectivity index (χ2n) is 6.29. The summed E-state index contributed by atoms with van der Waals surface area (Å²) < 4.78 is 7.21. The van der Waals surface area contributed by atoms with Gasteiger partial charge in [-0.05, 0) is 0 Å². The number of hydrogen-bond acceptors (Lipinski definition) is 5. The monoisotopic (exact) mass is 543 g/mol. The Morgan fingerprint density at radius 1 is 1.23 bits per heavy atom. The molecule has 0 spiro atoms. The Hall–Kier alpha value is -1.98. The number of carbonyl (C=O) groups is 3. The van der Waals surface area contributed by atoms with Crippen LogP contribution in [0.1, 0.15) is 31.1 Å². The Kier molecular flexibility index (Phi) is 6.37. The van der Waals surface area contributed by atoms with E-state index in [0.29, 0.717) is 19.7 Å². The van der Waals surface area contributed by atoms with Gasteiger partial charge in [0.05, 0.1) is 0 Å². The molecular weight excluding hydrogens is 526 g/mol. The van der Waals surface area contributed by atoms with Crippen molar-refractivity contribution in [1.82, 2.24) is 4.57 Å². The van der Waals surface area contributed by atoms with Crippen molar-refractivity contribution in [3.05, 3.63) is 47.5 Å². The van der Waals surface area contributed by atoms with Crippen molar-refractivity contribution >= 4 is 43.7 Å². The van der Waals surface area contributed by atoms with Crippen molar-refractivity contribution in [1.29, 1.82) is 0 Å². The fraction of sp³-hybridized carbons (Fsp3) is 0.222. The molecule has 0 fully saturated rings. The summed E-state index contributed by atoms with van der Waals surface area (Å²) in [7, 11) is 0. The molecule has 0 aliphatic carbocycles. The van der Waals surface area contributed by atoms with E-state index in [2.05, 4.69) is 0 Å². The van der Waals surface area contributed by atoms with Gasteiger partial charge in [-0.3, -0.25) is 0 Å². The van der Waals surface area contributed by atoms with Crippen molar-refractivity contribution in [3.63, 3.8) is 0 Å². The number of ether oxygens (including phenoxy) is 1. The van der Waals surface area contributed by atoms with Gasteiger partial charge in [-0.1, -0.05) is 0 Å². The van der Waals surface area contributed by atoms with Crippen LogP contribution in [0, 0.1) is 0 Å². The van der Waals surface area contributed by atoms with Gasteiger partial charge < -0.3 is 0 Å². The second-order valence-corrected chi connectivity index (χ2v) is 9.69. The zero-order valence-electron chi connectivity index (χ0n) is 14.4. The molecule has 26 heavy (non-hydrogen) atoms. The summed E-state index contributed by atoms with van der Waals surface area (Å²) >= 11 is 1.98. The van der Waals surface area contributed by atoms with Crippen molar-refractivity contribution < 1.29 is 43.6 Å². The van der Waals surface area contributed by atoms with Gasteiger partial charge in [0.2, 0.25) is 0 Å². The average Bonchev–Trinajstić information content (AvgIpc) is 2.92. The van der Waals surface area contributed by atoms with E-state index in [1.54, 1.807) is 45.0 Å². The number of aromatic nitrogens is 1. The fourth-order valence-electron chi connectivity index (χ4n) is 2.14. The number of rotatable bonds is 5. The van der Waals surface area contributed by atoms with Gasteiger partial charge in [0.1, 0.15) is 0 Å². The molecule has 0 radical (unpaired) electrons. The third kappa shape index (κ3) is 5.02. The number of ketones is 1. The van der Waals surface area contributed by atoms with Crippen LogP contribution in [0.5, 0.6) is 0 Å². The van der Waals surface area contributed by atoms with Crippen LogP contribution in [-0.2, 0) is 28.9 Å². The molecule has 2 aromatic rings. The molecule has 0 bridgehead atoms. The zero-order chi connectivity index (χ0) is 19.5. The molecule has 1 aromatic heterocycles. The van der Waals surface area contributed by atoms with Gasteiger partial charge in [-0.25, -0.2) is 0 Å². The number of benzene rings is 1. The van der Waals surface area contributed by atoms with Gasteiger partial charge in [-0.2, -0.15) is 0 Å². The molecule has 6 nitrogen and oxygen atoms in total. The van der Waals surface area contributed by atoms with E-state index in [0.717, 1.165) is 37.2 Å². The first kappa shape index (κ1) is 20.3. The Balaban J connectivity index is 2.39. The van der Waals surface area contributed by atoms with Gasteiger partial charge >= 0.3 is 166 Å².